The summed E-state index contributed by atoms with van der Waals surface area (Å²) in [7, 11) is 0. The van der Waals surface area contributed by atoms with Crippen molar-refractivity contribution in [2.75, 3.05) is 11.9 Å². The van der Waals surface area contributed by atoms with Crippen LogP contribution in [-0.4, -0.2) is 37.7 Å². The molecule has 0 unspecified atom stereocenters. The molecule has 2 amide bonds. The van der Waals surface area contributed by atoms with Gasteiger partial charge in [-0.2, -0.15) is 5.10 Å². The molecule has 0 fully saturated rings. The lowest BCUT2D eigenvalue weighted by atomic mass is 10.2. The Kier molecular flexibility index (Phi) is 5.57. The Morgan fingerprint density at radius 3 is 2.52 bits per heavy atom. The highest BCUT2D eigenvalue weighted by atomic mass is 16.2. The average molecular weight is 416 g/mol. The zero-order chi connectivity index (χ0) is 21.8. The van der Waals surface area contributed by atoms with Gasteiger partial charge >= 0.3 is 0 Å². The Morgan fingerprint density at radius 1 is 1.00 bits per heavy atom. The van der Waals surface area contributed by atoms with E-state index in [4.69, 9.17) is 0 Å². The maximum atomic E-state index is 12.6. The number of carbonyl (C=O) groups excluding carboxylic acids is 2. The van der Waals surface area contributed by atoms with E-state index >= 15 is 0 Å². The number of amides is 2. The van der Waals surface area contributed by atoms with Crippen LogP contribution in [0, 0.1) is 6.92 Å². The van der Waals surface area contributed by atoms with E-state index in [0.717, 1.165) is 5.69 Å². The molecule has 0 spiro atoms. The molecule has 9 heteroatoms. The number of rotatable bonds is 6. The lowest BCUT2D eigenvalue weighted by Crippen LogP contribution is -2.37. The Balaban J connectivity index is 1.34. The summed E-state index contributed by atoms with van der Waals surface area (Å²) < 4.78 is 3.00. The summed E-state index contributed by atoms with van der Waals surface area (Å²) in [5.41, 5.74) is 1.75. The monoisotopic (exact) mass is 416 g/mol. The highest BCUT2D eigenvalue weighted by molar-refractivity contribution is 5.94. The molecule has 2 aromatic carbocycles. The third kappa shape index (κ3) is 4.50. The van der Waals surface area contributed by atoms with Crippen LogP contribution in [0.4, 0.5) is 5.69 Å². The fourth-order valence-corrected chi connectivity index (χ4v) is 3.17. The minimum absolute atomic E-state index is 0.214. The summed E-state index contributed by atoms with van der Waals surface area (Å²) in [6.07, 6.45) is 3.50. The number of fused-ring (bicyclic) bond motifs is 1. The molecule has 0 saturated carbocycles. The second kappa shape index (κ2) is 8.62. The van der Waals surface area contributed by atoms with Gasteiger partial charge in [0.25, 0.3) is 5.56 Å². The summed E-state index contributed by atoms with van der Waals surface area (Å²) in [4.78, 5) is 41.5. The average Bonchev–Trinajstić information content (AvgIpc) is 3.31. The van der Waals surface area contributed by atoms with Crippen LogP contribution in [0.2, 0.25) is 0 Å². The number of carbonyl (C=O) groups is 2. The maximum absolute atomic E-state index is 12.6. The smallest absolute Gasteiger partial charge is 0.261 e. The van der Waals surface area contributed by atoms with E-state index in [1.54, 1.807) is 54.2 Å². The first kappa shape index (κ1) is 20.0. The predicted octanol–water partition coefficient (Wildman–Crippen LogP) is 1.65. The van der Waals surface area contributed by atoms with Crippen LogP contribution in [-0.2, 0) is 16.1 Å². The lowest BCUT2D eigenvalue weighted by molar-refractivity contribution is -0.124. The van der Waals surface area contributed by atoms with E-state index in [9.17, 15) is 14.4 Å². The molecule has 0 aliphatic rings. The van der Waals surface area contributed by atoms with Crippen LogP contribution in [0.1, 0.15) is 5.82 Å². The second-order valence-electron chi connectivity index (χ2n) is 6.89. The normalized spacial score (nSPS) is 10.7. The number of para-hydroxylation sites is 1. The Labute approximate surface area is 177 Å². The van der Waals surface area contributed by atoms with Gasteiger partial charge in [-0.25, -0.2) is 9.67 Å². The first-order valence-electron chi connectivity index (χ1n) is 9.64. The highest BCUT2D eigenvalue weighted by Crippen LogP contribution is 2.12. The van der Waals surface area contributed by atoms with Crippen molar-refractivity contribution in [2.24, 2.45) is 0 Å². The molecule has 2 heterocycles. The topological polar surface area (TPSA) is 111 Å². The molecule has 31 heavy (non-hydrogen) atoms. The number of nitrogens with zero attached hydrogens (tertiary/aromatic N) is 4. The third-order valence-electron chi connectivity index (χ3n) is 4.72. The van der Waals surface area contributed by atoms with E-state index in [-0.39, 0.29) is 24.6 Å². The van der Waals surface area contributed by atoms with Gasteiger partial charge in [0.2, 0.25) is 11.8 Å². The molecule has 156 valence electrons. The molecule has 9 nitrogen and oxygen atoms in total. The largest absolute Gasteiger partial charge is 0.345 e. The highest BCUT2D eigenvalue weighted by Gasteiger charge is 2.12. The van der Waals surface area contributed by atoms with Crippen molar-refractivity contribution in [3.05, 3.63) is 83.2 Å². The number of benzene rings is 2. The molecule has 4 aromatic rings. The summed E-state index contributed by atoms with van der Waals surface area (Å²) in [6.45, 7) is 1.24. The number of nitrogens with one attached hydrogen (secondary N) is 2. The fourth-order valence-electron chi connectivity index (χ4n) is 3.17. The van der Waals surface area contributed by atoms with Gasteiger partial charge in [-0.15, -0.1) is 0 Å². The molecule has 0 bridgehead atoms. The van der Waals surface area contributed by atoms with Crippen molar-refractivity contribution in [1.29, 1.82) is 0 Å². The molecule has 2 aromatic heterocycles. The van der Waals surface area contributed by atoms with Crippen molar-refractivity contribution in [2.45, 2.75) is 13.5 Å². The Morgan fingerprint density at radius 2 is 1.77 bits per heavy atom. The summed E-state index contributed by atoms with van der Waals surface area (Å²) in [5, 5.41) is 9.84. The predicted molar refractivity (Wildman–Crippen MR) is 116 cm³/mol. The number of aryl methyl sites for hydroxylation is 1. The minimum atomic E-state index is -0.452. The molecule has 0 atom stereocenters. The zero-order valence-electron chi connectivity index (χ0n) is 16.8. The maximum Gasteiger partial charge on any atom is 0.261 e. The third-order valence-corrected chi connectivity index (χ3v) is 4.72. The molecule has 2 N–H and O–H groups in total. The zero-order valence-corrected chi connectivity index (χ0v) is 16.8. The van der Waals surface area contributed by atoms with Gasteiger partial charge < -0.3 is 10.6 Å². The van der Waals surface area contributed by atoms with Crippen LogP contribution < -0.4 is 16.2 Å². The SMILES string of the molecule is Cc1nc2ccccc2c(=O)n1CC(=O)NCC(=O)Nc1ccc(-n2cccn2)cc1. The number of hydrogen-bond donors (Lipinski definition) is 2. The second-order valence-corrected chi connectivity index (χ2v) is 6.89. The van der Waals surface area contributed by atoms with E-state index < -0.39 is 5.91 Å². The fraction of sp³-hybridized carbons (Fsp3) is 0.136. The Bertz CT molecular complexity index is 1290. The van der Waals surface area contributed by atoms with Gasteiger partial charge in [-0.1, -0.05) is 12.1 Å². The van der Waals surface area contributed by atoms with Crippen LogP contribution in [0.3, 0.4) is 0 Å². The van der Waals surface area contributed by atoms with Crippen molar-refractivity contribution in [1.82, 2.24) is 24.6 Å². The van der Waals surface area contributed by atoms with Gasteiger partial charge in [-0.3, -0.25) is 19.0 Å². The summed E-state index contributed by atoms with van der Waals surface area (Å²) >= 11 is 0. The van der Waals surface area contributed by atoms with Crippen molar-refractivity contribution in [3.63, 3.8) is 0 Å². The van der Waals surface area contributed by atoms with Crippen molar-refractivity contribution >= 4 is 28.4 Å². The molecule has 0 radical (unpaired) electrons. The summed E-state index contributed by atoms with van der Waals surface area (Å²) in [6, 6.07) is 15.9. The standard InChI is InChI=1S/C22H20N6O3/c1-15-25-19-6-3-2-5-18(19)22(31)27(15)14-21(30)23-13-20(29)26-16-7-9-17(10-8-16)28-12-4-11-24-28/h2-12H,13-14H2,1H3,(H,23,30)(H,26,29). The van der Waals surface area contributed by atoms with Gasteiger partial charge in [-0.05, 0) is 49.4 Å². The molecular formula is C22H20N6O3. The first-order chi connectivity index (χ1) is 15.0. The number of aromatic nitrogens is 4. The summed E-state index contributed by atoms with van der Waals surface area (Å²) in [5.74, 6) is -0.395. The quantitative estimate of drug-likeness (QED) is 0.497. The molecule has 4 rings (SSSR count). The van der Waals surface area contributed by atoms with Crippen LogP contribution in [0.25, 0.3) is 16.6 Å². The molecule has 0 saturated heterocycles. The van der Waals surface area contributed by atoms with E-state index in [1.807, 2.05) is 24.4 Å². The molecular weight excluding hydrogens is 396 g/mol. The van der Waals surface area contributed by atoms with Crippen molar-refractivity contribution < 1.29 is 9.59 Å². The Hall–Kier alpha value is -4.27. The van der Waals surface area contributed by atoms with Crippen LogP contribution in [0.15, 0.2) is 71.8 Å². The van der Waals surface area contributed by atoms with Crippen LogP contribution >= 0.6 is 0 Å². The van der Waals surface area contributed by atoms with Gasteiger partial charge in [0.05, 0.1) is 23.1 Å². The molecule has 0 aliphatic carbocycles. The lowest BCUT2D eigenvalue weighted by Gasteiger charge is -2.11. The minimum Gasteiger partial charge on any atom is -0.345 e. The van der Waals surface area contributed by atoms with Crippen LogP contribution in [0.5, 0.6) is 0 Å². The number of hydrogen-bond acceptors (Lipinski definition) is 5. The van der Waals surface area contributed by atoms with Crippen molar-refractivity contribution in [3.8, 4) is 5.69 Å². The van der Waals surface area contributed by atoms with E-state index in [1.165, 1.54) is 4.57 Å². The van der Waals surface area contributed by atoms with E-state index in [0.29, 0.717) is 22.4 Å². The van der Waals surface area contributed by atoms with E-state index in [2.05, 4.69) is 20.7 Å². The first-order valence-corrected chi connectivity index (χ1v) is 9.64. The molecule has 0 aliphatic heterocycles. The van der Waals surface area contributed by atoms with Gasteiger partial charge in [0.1, 0.15) is 12.4 Å². The van der Waals surface area contributed by atoms with Gasteiger partial charge in [0, 0.05) is 18.1 Å². The number of anilines is 1. The van der Waals surface area contributed by atoms with Gasteiger partial charge in [0.15, 0.2) is 0 Å².